The minimum atomic E-state index is 0.595. The number of anilines is 1. The molecule has 0 aliphatic carbocycles. The second-order valence-corrected chi connectivity index (χ2v) is 4.60. The highest BCUT2D eigenvalue weighted by Gasteiger charge is 2.05. The van der Waals surface area contributed by atoms with Crippen LogP contribution in [0.1, 0.15) is 30.4 Å². The molecule has 2 aromatic carbocycles. The molecule has 0 radical (unpaired) electrons. The Bertz CT molecular complexity index is 462. The topological polar surface area (TPSA) is 26.0 Å². The zero-order valence-corrected chi connectivity index (χ0v) is 10.3. The van der Waals surface area contributed by atoms with E-state index in [1.165, 1.54) is 11.1 Å². The van der Waals surface area contributed by atoms with Crippen LogP contribution in [0, 0.1) is 0 Å². The van der Waals surface area contributed by atoms with Crippen LogP contribution >= 0.6 is 0 Å². The molecule has 0 bridgehead atoms. The summed E-state index contributed by atoms with van der Waals surface area (Å²) in [6.45, 7) is 2.28. The van der Waals surface area contributed by atoms with Gasteiger partial charge in [0.1, 0.15) is 0 Å². The van der Waals surface area contributed by atoms with Crippen LogP contribution < -0.4 is 5.73 Å². The van der Waals surface area contributed by atoms with E-state index in [2.05, 4.69) is 49.4 Å². The van der Waals surface area contributed by atoms with Crippen molar-refractivity contribution in [2.45, 2.75) is 25.7 Å². The van der Waals surface area contributed by atoms with E-state index in [1.807, 2.05) is 12.1 Å². The molecule has 0 amide bonds. The molecule has 17 heavy (non-hydrogen) atoms. The van der Waals surface area contributed by atoms with E-state index in [1.54, 1.807) is 0 Å². The molecular weight excluding hydrogens is 206 g/mol. The molecule has 2 N–H and O–H groups in total. The molecule has 2 aromatic rings. The summed E-state index contributed by atoms with van der Waals surface area (Å²) < 4.78 is 0. The van der Waals surface area contributed by atoms with E-state index < -0.39 is 0 Å². The SMILES string of the molecule is CC(CCc1cccc(N)c1)c1ccccc1. The highest BCUT2D eigenvalue weighted by molar-refractivity contribution is 5.40. The molecule has 1 heteroatoms. The van der Waals surface area contributed by atoms with Gasteiger partial charge in [-0.25, -0.2) is 0 Å². The number of benzene rings is 2. The molecule has 0 heterocycles. The summed E-state index contributed by atoms with van der Waals surface area (Å²) >= 11 is 0. The van der Waals surface area contributed by atoms with E-state index in [4.69, 9.17) is 5.73 Å². The maximum absolute atomic E-state index is 5.78. The fourth-order valence-electron chi connectivity index (χ4n) is 2.08. The largest absolute Gasteiger partial charge is 0.399 e. The maximum atomic E-state index is 5.78. The number of aryl methyl sites for hydroxylation is 1. The normalized spacial score (nSPS) is 12.3. The average molecular weight is 225 g/mol. The number of nitrogen functional groups attached to an aromatic ring is 1. The molecule has 0 aliphatic heterocycles. The summed E-state index contributed by atoms with van der Waals surface area (Å²) in [6, 6.07) is 18.8. The van der Waals surface area contributed by atoms with Crippen molar-refractivity contribution in [1.29, 1.82) is 0 Å². The van der Waals surface area contributed by atoms with Gasteiger partial charge in [-0.1, -0.05) is 49.4 Å². The molecule has 0 aromatic heterocycles. The van der Waals surface area contributed by atoms with Crippen molar-refractivity contribution in [2.75, 3.05) is 5.73 Å². The smallest absolute Gasteiger partial charge is 0.0316 e. The standard InChI is InChI=1S/C16H19N/c1-13(15-7-3-2-4-8-15)10-11-14-6-5-9-16(17)12-14/h2-9,12-13H,10-11,17H2,1H3. The van der Waals surface area contributed by atoms with Crippen molar-refractivity contribution in [3.8, 4) is 0 Å². The van der Waals surface area contributed by atoms with E-state index in [-0.39, 0.29) is 0 Å². The summed E-state index contributed by atoms with van der Waals surface area (Å²) in [5.41, 5.74) is 9.37. The monoisotopic (exact) mass is 225 g/mol. The molecule has 0 aliphatic rings. The van der Waals surface area contributed by atoms with E-state index in [0.717, 1.165) is 18.5 Å². The Balaban J connectivity index is 1.95. The first-order chi connectivity index (χ1) is 8.25. The van der Waals surface area contributed by atoms with Crippen molar-refractivity contribution in [3.05, 3.63) is 65.7 Å². The zero-order chi connectivity index (χ0) is 12.1. The first-order valence-corrected chi connectivity index (χ1v) is 6.15. The Hall–Kier alpha value is -1.76. The van der Waals surface area contributed by atoms with Crippen LogP contribution in [0.2, 0.25) is 0 Å². The van der Waals surface area contributed by atoms with Gasteiger partial charge in [-0.3, -0.25) is 0 Å². The maximum Gasteiger partial charge on any atom is 0.0316 e. The fourth-order valence-corrected chi connectivity index (χ4v) is 2.08. The van der Waals surface area contributed by atoms with Crippen LogP contribution in [0.5, 0.6) is 0 Å². The quantitative estimate of drug-likeness (QED) is 0.782. The summed E-state index contributed by atoms with van der Waals surface area (Å²) in [5, 5.41) is 0. The first-order valence-electron chi connectivity index (χ1n) is 6.15. The molecular formula is C16H19N. The van der Waals surface area contributed by atoms with Gasteiger partial charge in [0.15, 0.2) is 0 Å². The van der Waals surface area contributed by atoms with Gasteiger partial charge in [-0.05, 0) is 42.0 Å². The summed E-state index contributed by atoms with van der Waals surface area (Å²) in [5.74, 6) is 0.595. The molecule has 1 unspecified atom stereocenters. The van der Waals surface area contributed by atoms with Crippen molar-refractivity contribution < 1.29 is 0 Å². The molecule has 88 valence electrons. The molecule has 0 saturated heterocycles. The van der Waals surface area contributed by atoms with Crippen molar-refractivity contribution in [2.24, 2.45) is 0 Å². The van der Waals surface area contributed by atoms with Crippen molar-refractivity contribution in [3.63, 3.8) is 0 Å². The molecule has 0 saturated carbocycles. The summed E-state index contributed by atoms with van der Waals surface area (Å²) in [4.78, 5) is 0. The van der Waals surface area contributed by atoms with Crippen LogP contribution in [0.15, 0.2) is 54.6 Å². The van der Waals surface area contributed by atoms with Crippen LogP contribution in [-0.4, -0.2) is 0 Å². The zero-order valence-electron chi connectivity index (χ0n) is 10.3. The Labute approximate surface area is 103 Å². The number of rotatable bonds is 4. The van der Waals surface area contributed by atoms with Gasteiger partial charge >= 0.3 is 0 Å². The van der Waals surface area contributed by atoms with E-state index in [9.17, 15) is 0 Å². The van der Waals surface area contributed by atoms with Crippen molar-refractivity contribution in [1.82, 2.24) is 0 Å². The predicted octanol–water partition coefficient (Wildman–Crippen LogP) is 4.01. The third kappa shape index (κ3) is 3.35. The van der Waals surface area contributed by atoms with Crippen LogP contribution in [0.25, 0.3) is 0 Å². The minimum Gasteiger partial charge on any atom is -0.399 e. The lowest BCUT2D eigenvalue weighted by molar-refractivity contribution is 0.680. The average Bonchev–Trinajstić information content (AvgIpc) is 2.37. The van der Waals surface area contributed by atoms with Gasteiger partial charge in [0.2, 0.25) is 0 Å². The second kappa shape index (κ2) is 5.53. The Morgan fingerprint density at radius 2 is 1.76 bits per heavy atom. The third-order valence-electron chi connectivity index (χ3n) is 3.19. The van der Waals surface area contributed by atoms with Gasteiger partial charge in [-0.2, -0.15) is 0 Å². The molecule has 0 spiro atoms. The lowest BCUT2D eigenvalue weighted by Crippen LogP contribution is -1.96. The lowest BCUT2D eigenvalue weighted by Gasteiger charge is -2.11. The molecule has 0 fully saturated rings. The summed E-state index contributed by atoms with van der Waals surface area (Å²) in [7, 11) is 0. The molecule has 1 atom stereocenters. The number of hydrogen-bond donors (Lipinski definition) is 1. The minimum absolute atomic E-state index is 0.595. The Morgan fingerprint density at radius 1 is 1.00 bits per heavy atom. The van der Waals surface area contributed by atoms with Crippen molar-refractivity contribution >= 4 is 5.69 Å². The first kappa shape index (κ1) is 11.7. The Kier molecular flexibility index (Phi) is 3.81. The van der Waals surface area contributed by atoms with Gasteiger partial charge in [0.05, 0.1) is 0 Å². The van der Waals surface area contributed by atoms with E-state index >= 15 is 0 Å². The van der Waals surface area contributed by atoms with Crippen LogP contribution in [0.4, 0.5) is 5.69 Å². The van der Waals surface area contributed by atoms with Gasteiger partial charge in [-0.15, -0.1) is 0 Å². The third-order valence-corrected chi connectivity index (χ3v) is 3.19. The predicted molar refractivity (Wildman–Crippen MR) is 74.0 cm³/mol. The lowest BCUT2D eigenvalue weighted by atomic mass is 9.94. The second-order valence-electron chi connectivity index (χ2n) is 4.60. The number of nitrogens with two attached hydrogens (primary N) is 1. The molecule has 2 rings (SSSR count). The van der Waals surface area contributed by atoms with Gasteiger partial charge in [0, 0.05) is 5.69 Å². The van der Waals surface area contributed by atoms with Crippen LogP contribution in [-0.2, 0) is 6.42 Å². The highest BCUT2D eigenvalue weighted by Crippen LogP contribution is 2.21. The van der Waals surface area contributed by atoms with Gasteiger partial charge in [0.25, 0.3) is 0 Å². The fraction of sp³-hybridized carbons (Fsp3) is 0.250. The Morgan fingerprint density at radius 3 is 2.47 bits per heavy atom. The highest BCUT2D eigenvalue weighted by atomic mass is 14.5. The van der Waals surface area contributed by atoms with Crippen LogP contribution in [0.3, 0.4) is 0 Å². The van der Waals surface area contributed by atoms with E-state index in [0.29, 0.717) is 5.92 Å². The summed E-state index contributed by atoms with van der Waals surface area (Å²) in [6.07, 6.45) is 2.24. The molecule has 1 nitrogen and oxygen atoms in total. The number of hydrogen-bond acceptors (Lipinski definition) is 1. The van der Waals surface area contributed by atoms with Gasteiger partial charge < -0.3 is 5.73 Å².